The third-order valence-electron chi connectivity index (χ3n) is 11.7. The van der Waals surface area contributed by atoms with Crippen LogP contribution in [0.3, 0.4) is 0 Å². The van der Waals surface area contributed by atoms with Gasteiger partial charge in [0.05, 0.1) is 46.8 Å². The molecule has 0 heterocycles. The van der Waals surface area contributed by atoms with Crippen LogP contribution in [-0.4, -0.2) is 215 Å². The predicted octanol–water partition coefficient (Wildman–Crippen LogP) is 5.61. The molecule has 4 aliphatic carbocycles. The van der Waals surface area contributed by atoms with Gasteiger partial charge in [0.15, 0.2) is 64.9 Å². The standard InChI is InChI=1S/C11H18F2O7S.C11H18F2O6S.C10H16F2O6S.C9H14F2O6S.3C4H10O/c1-6(11(12,13)21(16,17)18)20-9(14)5-19-8-4-7(8)10(2,3)15;1-8(11(12,13)20(15,16)17)19-10(14)7-18-9-5-3-2-4-6-9;1-7(10(11,12)19(14,15)16)18-9(13)6-17-8-4-2-3-5-8;1-6(9(10,11)18(13,14)15)17-8(12)5-16-7-3-2-4-7;3*1-4(2,3)5/h6-8,15H,4-5H2,1-3H3,(H,16,17,18);8-9H,2-7H2,1H3,(H,15,16,17);7-8H,2-6H2,1H3,(H,14,15,16);6-7H,2-5H2,1H3,(H,13,14,15);3*5H,1-3H3/p-4. The van der Waals surface area contributed by atoms with Gasteiger partial charge in [-0.1, -0.05) is 32.1 Å². The van der Waals surface area contributed by atoms with Gasteiger partial charge in [0, 0.05) is 5.92 Å². The van der Waals surface area contributed by atoms with Crippen molar-refractivity contribution in [3.8, 4) is 0 Å². The van der Waals surface area contributed by atoms with E-state index in [1.54, 1.807) is 76.2 Å². The van der Waals surface area contributed by atoms with Crippen molar-refractivity contribution in [1.29, 1.82) is 0 Å². The lowest BCUT2D eigenvalue weighted by Crippen LogP contribution is -2.42. The van der Waals surface area contributed by atoms with Crippen molar-refractivity contribution in [2.24, 2.45) is 5.92 Å². The highest BCUT2D eigenvalue weighted by atomic mass is 32.2. The van der Waals surface area contributed by atoms with E-state index in [0.29, 0.717) is 34.1 Å². The van der Waals surface area contributed by atoms with Crippen molar-refractivity contribution in [2.45, 2.75) is 280 Å². The van der Waals surface area contributed by atoms with Gasteiger partial charge in [0.25, 0.3) is 0 Å². The molecule has 0 spiro atoms. The second-order valence-electron chi connectivity index (χ2n) is 25.1. The lowest BCUT2D eigenvalue weighted by molar-refractivity contribution is -0.168. The molecule has 0 bridgehead atoms. The van der Waals surface area contributed by atoms with Crippen molar-refractivity contribution >= 4 is 64.3 Å². The van der Waals surface area contributed by atoms with E-state index in [0.717, 1.165) is 77.0 Å². The Hall–Kier alpha value is -3.36. The maximum Gasteiger partial charge on any atom is 0.370 e. The zero-order chi connectivity index (χ0) is 74.2. The first-order valence-corrected chi connectivity index (χ1v) is 34.3. The molecule has 93 heavy (non-hydrogen) atoms. The molecule has 6 atom stereocenters. The number of halogens is 8. The highest BCUT2D eigenvalue weighted by molar-refractivity contribution is 7.87. The van der Waals surface area contributed by atoms with Crippen molar-refractivity contribution in [2.75, 3.05) is 26.4 Å². The molecule has 6 unspecified atom stereocenters. The van der Waals surface area contributed by atoms with Gasteiger partial charge < -0.3 is 76.5 Å². The van der Waals surface area contributed by atoms with E-state index in [9.17, 15) is 111 Å². The molecule has 0 aromatic heterocycles. The Kier molecular flexibility index (Phi) is 39.0. The maximum absolute atomic E-state index is 13.1. The number of alkyl halides is 8. The fourth-order valence-corrected chi connectivity index (χ4v) is 8.49. The van der Waals surface area contributed by atoms with Gasteiger partial charge in [-0.2, -0.15) is 35.1 Å². The zero-order valence-electron chi connectivity index (χ0n) is 54.5. The summed E-state index contributed by atoms with van der Waals surface area (Å²) < 4.78 is 265. The first-order valence-electron chi connectivity index (χ1n) is 28.7. The molecule has 4 N–H and O–H groups in total. The number of carbonyl (C=O) groups excluding carboxylic acids is 4. The fourth-order valence-electron chi connectivity index (χ4n) is 6.67. The SMILES string of the molecule is CC(C)(C)O.CC(C)(C)O.CC(C)(C)O.CC(OC(=O)COC1CC1C(C)(C)O)C(F)(F)S(=O)(=O)[O-].CC(OC(=O)COC1CCC1)C(F)(F)S(=O)(=O)[O-].CC(OC(=O)COC1CCCC1)C(F)(F)S(=O)(=O)[O-].CC(OC(=O)COC1CCCCC1)C(F)(F)S(=O)(=O)[O-]. The summed E-state index contributed by atoms with van der Waals surface area (Å²) in [7, 11) is -23.6. The van der Waals surface area contributed by atoms with Crippen molar-refractivity contribution in [1.82, 2.24) is 0 Å². The lowest BCUT2D eigenvalue weighted by atomic mass is 9.96. The van der Waals surface area contributed by atoms with Gasteiger partial charge in [-0.15, -0.1) is 0 Å². The second kappa shape index (κ2) is 38.7. The molecule has 4 aliphatic rings. The molecule has 556 valence electrons. The third-order valence-corrected chi connectivity index (χ3v) is 15.7. The summed E-state index contributed by atoms with van der Waals surface area (Å²) >= 11 is 0. The summed E-state index contributed by atoms with van der Waals surface area (Å²) in [5.74, 6) is -4.76. The summed E-state index contributed by atoms with van der Waals surface area (Å²) in [6.07, 6.45) is 1.02. The highest BCUT2D eigenvalue weighted by Crippen LogP contribution is 2.42. The van der Waals surface area contributed by atoms with Crippen LogP contribution < -0.4 is 0 Å². The van der Waals surface area contributed by atoms with E-state index in [2.05, 4.69) is 18.9 Å². The van der Waals surface area contributed by atoms with E-state index in [1.165, 1.54) is 0 Å². The van der Waals surface area contributed by atoms with Crippen LogP contribution in [0, 0.1) is 5.92 Å². The molecule has 4 rings (SSSR count). The Morgan fingerprint density at radius 1 is 0.376 bits per heavy atom. The zero-order valence-corrected chi connectivity index (χ0v) is 57.7. The number of rotatable bonds is 25. The van der Waals surface area contributed by atoms with Crippen LogP contribution in [-0.2, 0) is 97.5 Å². The Morgan fingerprint density at radius 2 is 0.559 bits per heavy atom. The molecule has 28 nitrogen and oxygen atoms in total. The van der Waals surface area contributed by atoms with Crippen LogP contribution in [0.25, 0.3) is 0 Å². The summed E-state index contributed by atoms with van der Waals surface area (Å²) in [4.78, 5) is 44.9. The molecule has 40 heteroatoms. The molecule has 0 aromatic carbocycles. The first-order chi connectivity index (χ1) is 41.2. The van der Waals surface area contributed by atoms with Crippen molar-refractivity contribution in [3.63, 3.8) is 0 Å². The summed E-state index contributed by atoms with van der Waals surface area (Å²) in [5.41, 5.74) is -2.48. The molecule has 0 radical (unpaired) electrons. The topological polar surface area (TPSA) is 452 Å². The van der Waals surface area contributed by atoms with Crippen LogP contribution in [0.2, 0.25) is 0 Å². The van der Waals surface area contributed by atoms with Crippen LogP contribution >= 0.6 is 0 Å². The number of hydrogen-bond donors (Lipinski definition) is 4. The minimum Gasteiger partial charge on any atom is -0.743 e. The Morgan fingerprint density at radius 3 is 0.720 bits per heavy atom. The monoisotopic (exact) mass is 1460 g/mol. The van der Waals surface area contributed by atoms with Crippen molar-refractivity contribution in [3.05, 3.63) is 0 Å². The van der Waals surface area contributed by atoms with Gasteiger partial charge in [-0.3, -0.25) is 0 Å². The molecule has 4 fully saturated rings. The Bertz CT molecular complexity index is 2670. The largest absolute Gasteiger partial charge is 0.743 e. The summed E-state index contributed by atoms with van der Waals surface area (Å²) in [6, 6.07) is 0. The molecular weight excluding hydrogens is 1360 g/mol. The van der Waals surface area contributed by atoms with Gasteiger partial charge in [0.1, 0.15) is 26.4 Å². The van der Waals surface area contributed by atoms with Crippen LogP contribution in [0.15, 0.2) is 0 Å². The van der Waals surface area contributed by atoms with E-state index >= 15 is 0 Å². The van der Waals surface area contributed by atoms with E-state index in [1.807, 2.05) is 0 Å². The Balaban J connectivity index is -0.00000108. The van der Waals surface area contributed by atoms with Gasteiger partial charge in [-0.25, -0.2) is 52.8 Å². The second-order valence-corrected chi connectivity index (χ2v) is 30.9. The first kappa shape index (κ1) is 93.8. The highest BCUT2D eigenvalue weighted by Gasteiger charge is 2.51. The van der Waals surface area contributed by atoms with E-state index in [-0.39, 0.29) is 24.2 Å². The molecule has 0 amide bonds. The minimum absolute atomic E-state index is 0.0865. The third kappa shape index (κ3) is 42.2. The van der Waals surface area contributed by atoms with Crippen molar-refractivity contribution < 1.29 is 165 Å². The number of esters is 4. The quantitative estimate of drug-likeness (QED) is 0.0373. The predicted molar refractivity (Wildman–Crippen MR) is 305 cm³/mol. The van der Waals surface area contributed by atoms with Crippen LogP contribution in [0.4, 0.5) is 35.1 Å². The number of ether oxygens (including phenoxy) is 8. The maximum atomic E-state index is 13.1. The minimum atomic E-state index is -5.93. The molecule has 0 aliphatic heterocycles. The molecule has 0 aromatic rings. The van der Waals surface area contributed by atoms with Crippen LogP contribution in [0.5, 0.6) is 0 Å². The van der Waals surface area contributed by atoms with E-state index < -0.39 is 165 Å². The fraction of sp³-hybridized carbons (Fsp3) is 0.925. The van der Waals surface area contributed by atoms with E-state index in [4.69, 9.17) is 34.3 Å². The molecular formula is C53H92F8O28S4-4. The number of hydrogen-bond acceptors (Lipinski definition) is 28. The summed E-state index contributed by atoms with van der Waals surface area (Å²) in [6.45, 7) is 19.1. The lowest BCUT2D eigenvalue weighted by Gasteiger charge is -2.27. The Labute approximate surface area is 538 Å². The van der Waals surface area contributed by atoms with Crippen LogP contribution in [0.1, 0.15) is 187 Å². The number of aliphatic hydroxyl groups is 4. The van der Waals surface area contributed by atoms with Gasteiger partial charge in [-0.05, 0) is 155 Å². The number of carbonyl (C=O) groups is 4. The molecule has 0 saturated heterocycles. The average molecular weight is 1460 g/mol. The van der Waals surface area contributed by atoms with Gasteiger partial charge >= 0.3 is 44.9 Å². The molecule has 4 saturated carbocycles. The average Bonchev–Trinajstić information content (AvgIpc) is 1.80. The normalized spacial score (nSPS) is 19.3. The summed E-state index contributed by atoms with van der Waals surface area (Å²) in [5, 5.41) is 16.5. The van der Waals surface area contributed by atoms with Gasteiger partial charge in [0.2, 0.25) is 0 Å². The smallest absolute Gasteiger partial charge is 0.370 e.